The molecule has 1 heterocycles. The molecule has 8 heteroatoms. The van der Waals surface area contributed by atoms with Gasteiger partial charge in [0, 0.05) is 10.5 Å². The molecule has 0 radical (unpaired) electrons. The van der Waals surface area contributed by atoms with E-state index in [1.54, 1.807) is 0 Å². The Labute approximate surface area is 130 Å². The van der Waals surface area contributed by atoms with Gasteiger partial charge in [-0.1, -0.05) is 27.5 Å². The molecule has 108 valence electrons. The summed E-state index contributed by atoms with van der Waals surface area (Å²) in [5.41, 5.74) is 5.66. The molecular weight excluding hydrogens is 371 g/mol. The monoisotopic (exact) mass is 375 g/mol. The van der Waals surface area contributed by atoms with Gasteiger partial charge in [0.25, 0.3) is 0 Å². The molecule has 0 aliphatic heterocycles. The summed E-state index contributed by atoms with van der Waals surface area (Å²) in [6.45, 7) is 0. The Kier molecular flexibility index (Phi) is 3.33. The van der Waals surface area contributed by atoms with Gasteiger partial charge >= 0.3 is 0 Å². The minimum absolute atomic E-state index is 0.149. The van der Waals surface area contributed by atoms with Crippen LogP contribution in [0, 0.1) is 17.5 Å². The van der Waals surface area contributed by atoms with E-state index in [9.17, 15) is 13.2 Å². The van der Waals surface area contributed by atoms with Crippen LogP contribution < -0.4 is 5.73 Å². The molecule has 2 aromatic carbocycles. The first-order valence-electron chi connectivity index (χ1n) is 5.66. The Morgan fingerprint density at radius 2 is 1.67 bits per heavy atom. The van der Waals surface area contributed by atoms with Gasteiger partial charge in [0.15, 0.2) is 11.6 Å². The molecule has 3 aromatic rings. The number of halogens is 5. The van der Waals surface area contributed by atoms with Crippen molar-refractivity contribution in [1.29, 1.82) is 0 Å². The summed E-state index contributed by atoms with van der Waals surface area (Å²) in [4.78, 5) is 3.89. The fourth-order valence-corrected chi connectivity index (χ4v) is 2.63. The quantitative estimate of drug-likeness (QED) is 0.682. The summed E-state index contributed by atoms with van der Waals surface area (Å²) >= 11 is 8.70. The van der Waals surface area contributed by atoms with Crippen molar-refractivity contribution in [2.45, 2.75) is 0 Å². The molecule has 1 aromatic heterocycles. The molecule has 0 saturated heterocycles. The zero-order valence-electron chi connectivity index (χ0n) is 10.2. The highest BCUT2D eigenvalue weighted by molar-refractivity contribution is 9.10. The van der Waals surface area contributed by atoms with E-state index in [2.05, 4.69) is 20.9 Å². The van der Waals surface area contributed by atoms with Crippen LogP contribution in [0.3, 0.4) is 0 Å². The molecular formula is C13H6BrClF3N3. The molecule has 3 nitrogen and oxygen atoms in total. The van der Waals surface area contributed by atoms with Crippen molar-refractivity contribution in [2.75, 3.05) is 5.73 Å². The zero-order chi connectivity index (χ0) is 15.3. The Bertz CT molecular complexity index is 856. The Balaban J connectivity index is 2.41. The van der Waals surface area contributed by atoms with E-state index in [4.69, 9.17) is 17.3 Å². The lowest BCUT2D eigenvalue weighted by atomic mass is 10.2. The van der Waals surface area contributed by atoms with Crippen LogP contribution in [0.15, 0.2) is 28.7 Å². The van der Waals surface area contributed by atoms with E-state index in [0.717, 1.165) is 22.8 Å². The van der Waals surface area contributed by atoms with E-state index in [1.165, 1.54) is 6.07 Å². The number of nitrogen functional groups attached to an aromatic ring is 1. The first-order valence-corrected chi connectivity index (χ1v) is 6.83. The maximum atomic E-state index is 14.1. The van der Waals surface area contributed by atoms with Gasteiger partial charge in [0.2, 0.25) is 5.95 Å². The SMILES string of the molecule is Nc1nc2cc(F)c(Cl)cc2n1-c1c(F)cc(Br)cc1F. The maximum absolute atomic E-state index is 14.1. The van der Waals surface area contributed by atoms with Crippen LogP contribution in [0.4, 0.5) is 19.1 Å². The second kappa shape index (κ2) is 4.92. The van der Waals surface area contributed by atoms with Crippen molar-refractivity contribution in [3.05, 3.63) is 51.2 Å². The van der Waals surface area contributed by atoms with Crippen molar-refractivity contribution in [1.82, 2.24) is 9.55 Å². The second-order valence-corrected chi connectivity index (χ2v) is 5.60. The van der Waals surface area contributed by atoms with Gasteiger partial charge in [0.05, 0.1) is 16.1 Å². The van der Waals surface area contributed by atoms with Crippen LogP contribution in [0.1, 0.15) is 0 Å². The summed E-state index contributed by atoms with van der Waals surface area (Å²) in [5, 5.41) is -0.193. The molecule has 3 rings (SSSR count). The highest BCUT2D eigenvalue weighted by Crippen LogP contribution is 2.31. The number of rotatable bonds is 1. The number of imidazole rings is 1. The number of benzene rings is 2. The molecule has 0 unspecified atom stereocenters. The van der Waals surface area contributed by atoms with Gasteiger partial charge in [-0.3, -0.25) is 4.57 Å². The van der Waals surface area contributed by atoms with Crippen LogP contribution >= 0.6 is 27.5 Å². The van der Waals surface area contributed by atoms with Gasteiger partial charge in [-0.15, -0.1) is 0 Å². The van der Waals surface area contributed by atoms with Crippen molar-refractivity contribution in [3.63, 3.8) is 0 Å². The lowest BCUT2D eigenvalue weighted by Gasteiger charge is -2.10. The second-order valence-electron chi connectivity index (χ2n) is 4.28. The van der Waals surface area contributed by atoms with Gasteiger partial charge in [-0.2, -0.15) is 0 Å². The Morgan fingerprint density at radius 3 is 2.29 bits per heavy atom. The van der Waals surface area contributed by atoms with Crippen LogP contribution in [0.25, 0.3) is 16.7 Å². The average molecular weight is 377 g/mol. The van der Waals surface area contributed by atoms with Crippen molar-refractivity contribution in [3.8, 4) is 5.69 Å². The lowest BCUT2D eigenvalue weighted by Crippen LogP contribution is -2.06. The molecule has 0 atom stereocenters. The number of nitrogens with two attached hydrogens (primary N) is 1. The number of hydrogen-bond acceptors (Lipinski definition) is 2. The molecule has 0 aliphatic rings. The number of anilines is 1. The molecule has 0 saturated carbocycles. The minimum atomic E-state index is -0.840. The Morgan fingerprint density at radius 1 is 1.05 bits per heavy atom. The number of fused-ring (bicyclic) bond motifs is 1. The number of aromatic nitrogens is 2. The van der Waals surface area contributed by atoms with Gasteiger partial charge in [-0.05, 0) is 18.2 Å². The van der Waals surface area contributed by atoms with Gasteiger partial charge < -0.3 is 5.73 Å². The molecule has 0 fully saturated rings. The number of nitrogens with zero attached hydrogens (tertiary/aromatic N) is 2. The highest BCUT2D eigenvalue weighted by atomic mass is 79.9. The molecule has 0 spiro atoms. The van der Waals surface area contributed by atoms with Crippen LogP contribution in [-0.4, -0.2) is 9.55 Å². The summed E-state index contributed by atoms with van der Waals surface area (Å²) in [6.07, 6.45) is 0. The predicted molar refractivity (Wildman–Crippen MR) is 78.1 cm³/mol. The first-order chi connectivity index (χ1) is 9.88. The third-order valence-corrected chi connectivity index (χ3v) is 3.68. The molecule has 2 N–H and O–H groups in total. The van der Waals surface area contributed by atoms with Crippen LogP contribution in [0.2, 0.25) is 5.02 Å². The summed E-state index contributed by atoms with van der Waals surface area (Å²) < 4.78 is 42.9. The maximum Gasteiger partial charge on any atom is 0.206 e. The smallest absolute Gasteiger partial charge is 0.206 e. The molecule has 0 bridgehead atoms. The van der Waals surface area contributed by atoms with E-state index in [1.807, 2.05) is 0 Å². The molecule has 0 amide bonds. The fourth-order valence-electron chi connectivity index (χ4n) is 2.07. The fraction of sp³-hybridized carbons (Fsp3) is 0. The van der Waals surface area contributed by atoms with Crippen molar-refractivity contribution < 1.29 is 13.2 Å². The standard InChI is InChI=1S/C13H6BrClF3N3/c14-5-1-8(17)12(9(18)2-5)21-11-3-6(15)7(16)4-10(11)20-13(21)19/h1-4H,(H2,19,20). The van der Waals surface area contributed by atoms with Crippen molar-refractivity contribution >= 4 is 44.5 Å². The van der Waals surface area contributed by atoms with Crippen LogP contribution in [0.5, 0.6) is 0 Å². The average Bonchev–Trinajstić information content (AvgIpc) is 2.66. The highest BCUT2D eigenvalue weighted by Gasteiger charge is 2.19. The normalized spacial score (nSPS) is 11.3. The zero-order valence-corrected chi connectivity index (χ0v) is 12.5. The Hall–Kier alpha value is -1.73. The van der Waals surface area contributed by atoms with Gasteiger partial charge in [0.1, 0.15) is 11.5 Å². The van der Waals surface area contributed by atoms with Crippen molar-refractivity contribution in [2.24, 2.45) is 0 Å². The number of hydrogen-bond donors (Lipinski definition) is 1. The van der Waals surface area contributed by atoms with E-state index < -0.39 is 23.1 Å². The van der Waals surface area contributed by atoms with E-state index >= 15 is 0 Å². The lowest BCUT2D eigenvalue weighted by molar-refractivity contribution is 0.570. The molecule has 21 heavy (non-hydrogen) atoms. The van der Waals surface area contributed by atoms with Crippen LogP contribution in [-0.2, 0) is 0 Å². The third-order valence-electron chi connectivity index (χ3n) is 2.93. The van der Waals surface area contributed by atoms with Gasteiger partial charge in [-0.25, -0.2) is 18.2 Å². The summed E-state index contributed by atoms with van der Waals surface area (Å²) in [5.74, 6) is -2.54. The largest absolute Gasteiger partial charge is 0.369 e. The minimum Gasteiger partial charge on any atom is -0.369 e. The third kappa shape index (κ3) is 2.26. The topological polar surface area (TPSA) is 43.8 Å². The molecule has 0 aliphatic carbocycles. The summed E-state index contributed by atoms with van der Waals surface area (Å²) in [7, 11) is 0. The summed E-state index contributed by atoms with van der Waals surface area (Å²) in [6, 6.07) is 4.46. The first kappa shape index (κ1) is 14.2. The van der Waals surface area contributed by atoms with E-state index in [-0.39, 0.29) is 26.5 Å². The van der Waals surface area contributed by atoms with E-state index in [0.29, 0.717) is 0 Å². The predicted octanol–water partition coefficient (Wildman–Crippen LogP) is 4.44.